The van der Waals surface area contributed by atoms with Crippen LogP contribution in [0.5, 0.6) is 11.5 Å². The van der Waals surface area contributed by atoms with Gasteiger partial charge in [-0.1, -0.05) is 53.2 Å². The number of halogens is 1. The molecule has 3 aromatic carbocycles. The molecule has 8 nitrogen and oxygen atoms in total. The molecule has 9 heteroatoms. The Morgan fingerprint density at radius 1 is 0.974 bits per heavy atom. The Labute approximate surface area is 225 Å². The minimum absolute atomic E-state index is 0.106. The summed E-state index contributed by atoms with van der Waals surface area (Å²) >= 11 is 6.03. The maximum absolute atomic E-state index is 12.9. The van der Waals surface area contributed by atoms with Gasteiger partial charge in [-0.2, -0.15) is 0 Å². The summed E-state index contributed by atoms with van der Waals surface area (Å²) in [4.78, 5) is 15.2. The van der Waals surface area contributed by atoms with Gasteiger partial charge >= 0.3 is 0 Å². The summed E-state index contributed by atoms with van der Waals surface area (Å²) in [5.74, 6) is -0.471. The number of ether oxygens (including phenoxy) is 1. The molecule has 1 fully saturated rings. The van der Waals surface area contributed by atoms with Crippen LogP contribution in [0.25, 0.3) is 33.6 Å². The predicted octanol–water partition coefficient (Wildman–Crippen LogP) is 5.32. The van der Waals surface area contributed by atoms with Crippen LogP contribution in [-0.4, -0.2) is 59.0 Å². The number of phenols is 2. The van der Waals surface area contributed by atoms with Gasteiger partial charge in [-0.05, 0) is 41.8 Å². The third kappa shape index (κ3) is 5.38. The maximum Gasteiger partial charge on any atom is 0.274 e. The normalized spacial score (nSPS) is 13.9. The molecule has 1 aliphatic rings. The van der Waals surface area contributed by atoms with Gasteiger partial charge in [-0.25, -0.2) is 0 Å². The number of aromatic hydroxyl groups is 2. The van der Waals surface area contributed by atoms with E-state index >= 15 is 0 Å². The van der Waals surface area contributed by atoms with Gasteiger partial charge in [0.25, 0.3) is 5.91 Å². The molecule has 0 aliphatic carbocycles. The van der Waals surface area contributed by atoms with Crippen molar-refractivity contribution in [1.82, 2.24) is 15.4 Å². The van der Waals surface area contributed by atoms with Gasteiger partial charge in [0.1, 0.15) is 11.5 Å². The lowest BCUT2D eigenvalue weighted by Gasteiger charge is -2.26. The minimum atomic E-state index is -0.383. The van der Waals surface area contributed by atoms with Gasteiger partial charge in [-0.15, -0.1) is 0 Å². The van der Waals surface area contributed by atoms with E-state index in [1.54, 1.807) is 30.3 Å². The average Bonchev–Trinajstić information content (AvgIpc) is 3.36. The van der Waals surface area contributed by atoms with Crippen molar-refractivity contribution in [3.63, 3.8) is 0 Å². The van der Waals surface area contributed by atoms with Crippen LogP contribution in [0.3, 0.4) is 0 Å². The van der Waals surface area contributed by atoms with E-state index in [2.05, 4.69) is 15.4 Å². The van der Waals surface area contributed by atoms with Crippen molar-refractivity contribution in [2.24, 2.45) is 0 Å². The number of carbonyl (C=O) groups excluding carboxylic acids is 1. The molecule has 38 heavy (non-hydrogen) atoms. The highest BCUT2D eigenvalue weighted by atomic mass is 35.5. The summed E-state index contributed by atoms with van der Waals surface area (Å²) in [7, 11) is 0. The van der Waals surface area contributed by atoms with E-state index in [1.165, 1.54) is 6.07 Å². The van der Waals surface area contributed by atoms with E-state index in [4.69, 9.17) is 20.9 Å². The lowest BCUT2D eigenvalue weighted by molar-refractivity contribution is 0.0342. The highest BCUT2D eigenvalue weighted by Gasteiger charge is 2.27. The summed E-state index contributed by atoms with van der Waals surface area (Å²) in [6.07, 6.45) is 0. The third-order valence-electron chi connectivity index (χ3n) is 6.51. The van der Waals surface area contributed by atoms with Crippen LogP contribution in [-0.2, 0) is 11.3 Å². The molecule has 0 unspecified atom stereocenters. The molecule has 1 aliphatic heterocycles. The number of benzene rings is 3. The number of phenolic OH excluding ortho intramolecular Hbond substituents is 2. The number of nitrogens with one attached hydrogen (secondary N) is 1. The van der Waals surface area contributed by atoms with Crippen LogP contribution in [0.15, 0.2) is 65.2 Å². The molecule has 5 rings (SSSR count). The van der Waals surface area contributed by atoms with Crippen LogP contribution >= 0.6 is 11.6 Å². The molecule has 0 atom stereocenters. The molecule has 1 aromatic heterocycles. The van der Waals surface area contributed by atoms with Crippen molar-refractivity contribution in [2.45, 2.75) is 13.5 Å². The summed E-state index contributed by atoms with van der Waals surface area (Å²) in [5, 5.41) is 28.8. The zero-order valence-corrected chi connectivity index (χ0v) is 21.7. The predicted molar refractivity (Wildman–Crippen MR) is 145 cm³/mol. The molecule has 1 saturated heterocycles. The first kappa shape index (κ1) is 25.8. The fourth-order valence-corrected chi connectivity index (χ4v) is 4.68. The Morgan fingerprint density at radius 3 is 2.32 bits per heavy atom. The SMILES string of the molecule is CCNC(=O)c1noc(-c2cc(-c3ccc(Cl)cc3)c(O)cc2O)c1-c1ccc(CN2CCOCC2)cc1. The highest BCUT2D eigenvalue weighted by Crippen LogP contribution is 2.44. The second-order valence-electron chi connectivity index (χ2n) is 9.07. The maximum atomic E-state index is 12.9. The second kappa shape index (κ2) is 11.3. The molecular formula is C29H28ClN3O5. The molecule has 0 spiro atoms. The standard InChI is InChI=1S/C29H28ClN3O5/c1-2-31-29(36)27-26(20-5-3-18(4-6-20)17-33-11-13-37-14-12-33)28(38-32-27)23-15-22(24(34)16-25(23)35)19-7-9-21(30)10-8-19/h3-10,15-16,34-35H,2,11-14,17H2,1H3,(H,31,36). The lowest BCUT2D eigenvalue weighted by atomic mass is 9.95. The monoisotopic (exact) mass is 533 g/mol. The molecule has 4 aromatic rings. The van der Waals surface area contributed by atoms with Crippen molar-refractivity contribution in [1.29, 1.82) is 0 Å². The Bertz CT molecular complexity index is 1430. The average molecular weight is 534 g/mol. The first-order valence-electron chi connectivity index (χ1n) is 12.4. The molecule has 1 amide bonds. The topological polar surface area (TPSA) is 108 Å². The summed E-state index contributed by atoms with van der Waals surface area (Å²) in [6, 6.07) is 17.7. The van der Waals surface area contributed by atoms with Gasteiger partial charge < -0.3 is 24.8 Å². The van der Waals surface area contributed by atoms with Crippen LogP contribution in [0.2, 0.25) is 5.02 Å². The fourth-order valence-electron chi connectivity index (χ4n) is 4.56. The number of aromatic nitrogens is 1. The Kier molecular flexibility index (Phi) is 7.64. The number of morpholine rings is 1. The number of hydrogen-bond acceptors (Lipinski definition) is 7. The van der Waals surface area contributed by atoms with E-state index in [-0.39, 0.29) is 28.9 Å². The first-order valence-corrected chi connectivity index (χ1v) is 12.8. The zero-order valence-electron chi connectivity index (χ0n) is 20.9. The van der Waals surface area contributed by atoms with Crippen LogP contribution in [0, 0.1) is 0 Å². The van der Waals surface area contributed by atoms with Gasteiger partial charge in [0.2, 0.25) is 0 Å². The van der Waals surface area contributed by atoms with Crippen LogP contribution in [0.4, 0.5) is 0 Å². The van der Waals surface area contributed by atoms with Gasteiger partial charge in [-0.3, -0.25) is 9.69 Å². The quantitative estimate of drug-likeness (QED) is 0.295. The molecule has 2 heterocycles. The van der Waals surface area contributed by atoms with Gasteiger partial charge in [0.15, 0.2) is 11.5 Å². The van der Waals surface area contributed by atoms with Crippen molar-refractivity contribution in [3.8, 4) is 45.1 Å². The van der Waals surface area contributed by atoms with E-state index in [1.807, 2.05) is 31.2 Å². The zero-order chi connectivity index (χ0) is 26.6. The summed E-state index contributed by atoms with van der Waals surface area (Å²) < 4.78 is 11.1. The third-order valence-corrected chi connectivity index (χ3v) is 6.76. The number of nitrogens with zero attached hydrogens (tertiary/aromatic N) is 2. The number of hydrogen-bond donors (Lipinski definition) is 3. The number of rotatable bonds is 7. The summed E-state index contributed by atoms with van der Waals surface area (Å²) in [5.41, 5.74) is 3.88. The molecular weight excluding hydrogens is 506 g/mol. The van der Waals surface area contributed by atoms with E-state index < -0.39 is 0 Å². The van der Waals surface area contributed by atoms with E-state index in [9.17, 15) is 15.0 Å². The minimum Gasteiger partial charge on any atom is -0.507 e. The summed E-state index contributed by atoms with van der Waals surface area (Å²) in [6.45, 7) is 6.27. The number of amides is 1. The smallest absolute Gasteiger partial charge is 0.274 e. The first-order chi connectivity index (χ1) is 18.4. The van der Waals surface area contributed by atoms with Crippen molar-refractivity contribution in [2.75, 3.05) is 32.8 Å². The van der Waals surface area contributed by atoms with Crippen molar-refractivity contribution < 1.29 is 24.3 Å². The largest absolute Gasteiger partial charge is 0.507 e. The molecule has 0 saturated carbocycles. The highest BCUT2D eigenvalue weighted by molar-refractivity contribution is 6.30. The molecule has 3 N–H and O–H groups in total. The Balaban J connectivity index is 1.57. The van der Waals surface area contributed by atoms with Crippen molar-refractivity contribution >= 4 is 17.5 Å². The van der Waals surface area contributed by atoms with Gasteiger partial charge in [0, 0.05) is 42.8 Å². The fraction of sp³-hybridized carbons (Fsp3) is 0.241. The van der Waals surface area contributed by atoms with Crippen LogP contribution in [0.1, 0.15) is 23.0 Å². The van der Waals surface area contributed by atoms with E-state index in [0.29, 0.717) is 39.4 Å². The van der Waals surface area contributed by atoms with Crippen molar-refractivity contribution in [3.05, 3.63) is 76.9 Å². The second-order valence-corrected chi connectivity index (χ2v) is 9.51. The molecule has 0 bridgehead atoms. The molecule has 196 valence electrons. The molecule has 0 radical (unpaired) electrons. The van der Waals surface area contributed by atoms with Gasteiger partial charge in [0.05, 0.1) is 24.3 Å². The number of carbonyl (C=O) groups is 1. The van der Waals surface area contributed by atoms with E-state index in [0.717, 1.165) is 38.4 Å². The van der Waals surface area contributed by atoms with Crippen LogP contribution < -0.4 is 5.32 Å². The Hall–Kier alpha value is -3.85. The Morgan fingerprint density at radius 2 is 1.63 bits per heavy atom. The lowest BCUT2D eigenvalue weighted by Crippen LogP contribution is -2.35.